The Kier molecular flexibility index (Phi) is 8.73. The summed E-state index contributed by atoms with van der Waals surface area (Å²) >= 11 is 6.36. The summed E-state index contributed by atoms with van der Waals surface area (Å²) in [5.74, 6) is 0.979. The molecule has 0 saturated carbocycles. The molecule has 0 bridgehead atoms. The highest BCUT2D eigenvalue weighted by Gasteiger charge is 2.20. The van der Waals surface area contributed by atoms with Crippen molar-refractivity contribution in [1.29, 1.82) is 0 Å². The molecule has 4 rings (SSSR count). The maximum Gasteiger partial charge on any atom is 0.253 e. The van der Waals surface area contributed by atoms with Gasteiger partial charge in [0.1, 0.15) is 10.8 Å². The molecule has 3 aromatic rings. The smallest absolute Gasteiger partial charge is 0.253 e. The minimum atomic E-state index is -2.36. The zero-order valence-electron chi connectivity index (χ0n) is 20.7. The first-order valence-electron chi connectivity index (χ1n) is 12.0. The van der Waals surface area contributed by atoms with Gasteiger partial charge >= 0.3 is 0 Å². The number of fused-ring (bicyclic) bond motifs is 1. The average molecular weight is 531 g/mol. The normalized spacial score (nSPS) is 13.6. The van der Waals surface area contributed by atoms with Crippen LogP contribution in [0.1, 0.15) is 28.4 Å². The van der Waals surface area contributed by atoms with E-state index >= 15 is 0 Å². The van der Waals surface area contributed by atoms with E-state index in [9.17, 15) is 13.6 Å². The predicted octanol–water partition coefficient (Wildman–Crippen LogP) is 5.04. The highest BCUT2D eigenvalue weighted by molar-refractivity contribution is 6.33. The molecule has 196 valence electrons. The number of hydrogen-bond donors (Lipinski definition) is 3. The highest BCUT2D eigenvalue weighted by atomic mass is 35.5. The number of benzene rings is 2. The van der Waals surface area contributed by atoms with Crippen LogP contribution in [0.4, 0.5) is 31.9 Å². The molecule has 0 aliphatic carbocycles. The van der Waals surface area contributed by atoms with E-state index in [4.69, 9.17) is 16.3 Å². The number of para-hydroxylation sites is 1. The molecular weight excluding hydrogens is 502 g/mol. The number of anilines is 4. The van der Waals surface area contributed by atoms with E-state index in [2.05, 4.69) is 25.9 Å². The van der Waals surface area contributed by atoms with Crippen LogP contribution >= 0.6 is 11.6 Å². The monoisotopic (exact) mass is 530 g/mol. The number of carbonyl (C=O) groups excluding carboxylic acids is 1. The Morgan fingerprint density at radius 2 is 1.86 bits per heavy atom. The molecule has 0 spiro atoms. The van der Waals surface area contributed by atoms with Crippen LogP contribution in [0.5, 0.6) is 5.75 Å². The molecule has 11 heteroatoms. The van der Waals surface area contributed by atoms with Crippen molar-refractivity contribution in [3.8, 4) is 5.75 Å². The largest absolute Gasteiger partial charge is 0.495 e. The summed E-state index contributed by atoms with van der Waals surface area (Å²) in [4.78, 5) is 23.0. The Balaban J connectivity index is 1.57. The number of methoxy groups -OCH3 is 1. The minimum Gasteiger partial charge on any atom is -0.495 e. The van der Waals surface area contributed by atoms with Gasteiger partial charge < -0.3 is 20.7 Å². The van der Waals surface area contributed by atoms with Crippen LogP contribution in [0.3, 0.4) is 0 Å². The van der Waals surface area contributed by atoms with Gasteiger partial charge in [-0.15, -0.1) is 0 Å². The number of halogens is 3. The molecule has 0 saturated heterocycles. The van der Waals surface area contributed by atoms with Crippen molar-refractivity contribution in [2.24, 2.45) is 0 Å². The first-order chi connectivity index (χ1) is 17.9. The van der Waals surface area contributed by atoms with E-state index in [0.29, 0.717) is 61.0 Å². The number of alkyl halides is 2. The predicted molar refractivity (Wildman–Crippen MR) is 141 cm³/mol. The molecule has 2 aromatic carbocycles. The second-order valence-corrected chi connectivity index (χ2v) is 8.97. The number of aromatic nitrogens is 2. The van der Waals surface area contributed by atoms with Gasteiger partial charge in [0.2, 0.25) is 5.95 Å². The average Bonchev–Trinajstić information content (AvgIpc) is 3.07. The summed E-state index contributed by atoms with van der Waals surface area (Å²) in [5, 5.41) is 9.39. The third-order valence-electron chi connectivity index (χ3n) is 6.07. The third kappa shape index (κ3) is 6.64. The van der Waals surface area contributed by atoms with E-state index in [0.717, 1.165) is 11.1 Å². The number of nitrogens with one attached hydrogen (secondary N) is 3. The molecule has 37 heavy (non-hydrogen) atoms. The molecule has 1 aliphatic rings. The molecule has 1 aromatic heterocycles. The highest BCUT2D eigenvalue weighted by Crippen LogP contribution is 2.33. The Hall–Kier alpha value is -3.50. The summed E-state index contributed by atoms with van der Waals surface area (Å²) in [6.07, 6.45) is 0.415. The van der Waals surface area contributed by atoms with Gasteiger partial charge in [-0.3, -0.25) is 9.69 Å². The summed E-state index contributed by atoms with van der Waals surface area (Å²) in [5.41, 5.74) is 3.79. The van der Waals surface area contributed by atoms with Gasteiger partial charge in [-0.25, -0.2) is 13.8 Å². The van der Waals surface area contributed by atoms with E-state index in [1.165, 1.54) is 6.20 Å². The minimum absolute atomic E-state index is 0.212. The fraction of sp³-hybridized carbons (Fsp3) is 0.346. The van der Waals surface area contributed by atoms with Crippen LogP contribution in [0, 0.1) is 0 Å². The fourth-order valence-electron chi connectivity index (χ4n) is 4.25. The van der Waals surface area contributed by atoms with Gasteiger partial charge in [0.15, 0.2) is 5.82 Å². The van der Waals surface area contributed by atoms with Crippen LogP contribution < -0.4 is 20.7 Å². The zero-order chi connectivity index (χ0) is 26.4. The SMILES string of the molecule is CCNC(=O)c1ccccc1Nc1nc(Nc2cc3c(cc2OC)CCN(CC(F)F)CC3)ncc1Cl. The Bertz CT molecular complexity index is 1260. The molecule has 0 atom stereocenters. The number of amides is 1. The first kappa shape index (κ1) is 26.6. The maximum atomic E-state index is 12.9. The standard InChI is InChI=1S/C26H29ClF2N6O2/c1-3-30-25(36)18-6-4-5-7-20(18)32-24-19(27)14-31-26(34-24)33-21-12-16-8-10-35(15-23(28)29)11-9-17(16)13-22(21)37-2/h4-7,12-14,23H,3,8-11,15H2,1-2H3,(H,30,36)(H2,31,32,33,34). The topological polar surface area (TPSA) is 91.4 Å². The van der Waals surface area contributed by atoms with E-state index in [-0.39, 0.29) is 23.4 Å². The molecule has 0 radical (unpaired) electrons. The molecule has 0 fully saturated rings. The van der Waals surface area contributed by atoms with Crippen molar-refractivity contribution in [2.75, 3.05) is 43.9 Å². The number of hydrogen-bond acceptors (Lipinski definition) is 7. The first-order valence-corrected chi connectivity index (χ1v) is 12.4. The second kappa shape index (κ2) is 12.2. The molecular formula is C26H29ClF2N6O2. The summed E-state index contributed by atoms with van der Waals surface area (Å²) in [6, 6.07) is 11.0. The molecule has 1 amide bonds. The summed E-state index contributed by atoms with van der Waals surface area (Å²) in [6.45, 7) is 3.25. The number of rotatable bonds is 9. The van der Waals surface area contributed by atoms with E-state index < -0.39 is 6.43 Å². The number of nitrogens with zero attached hydrogens (tertiary/aromatic N) is 3. The third-order valence-corrected chi connectivity index (χ3v) is 6.34. The molecule has 2 heterocycles. The molecule has 0 unspecified atom stereocenters. The lowest BCUT2D eigenvalue weighted by atomic mass is 10.0. The van der Waals surface area contributed by atoms with Crippen molar-refractivity contribution in [1.82, 2.24) is 20.2 Å². The molecule has 3 N–H and O–H groups in total. The lowest BCUT2D eigenvalue weighted by Gasteiger charge is -2.18. The maximum absolute atomic E-state index is 12.9. The zero-order valence-corrected chi connectivity index (χ0v) is 21.4. The van der Waals surface area contributed by atoms with Crippen LogP contribution in [0.15, 0.2) is 42.6 Å². The van der Waals surface area contributed by atoms with E-state index in [1.54, 1.807) is 30.2 Å². The van der Waals surface area contributed by atoms with Gasteiger partial charge in [-0.2, -0.15) is 4.98 Å². The Morgan fingerprint density at radius 3 is 2.57 bits per heavy atom. The van der Waals surface area contributed by atoms with Crippen molar-refractivity contribution >= 4 is 40.6 Å². The van der Waals surface area contributed by atoms with Gasteiger partial charge in [0.25, 0.3) is 12.3 Å². The van der Waals surface area contributed by atoms with Gasteiger partial charge in [0.05, 0.1) is 36.8 Å². The summed E-state index contributed by atoms with van der Waals surface area (Å²) < 4.78 is 31.4. The van der Waals surface area contributed by atoms with Crippen LogP contribution in [-0.4, -0.2) is 60.5 Å². The fourth-order valence-corrected chi connectivity index (χ4v) is 4.39. The van der Waals surface area contributed by atoms with Crippen molar-refractivity contribution in [2.45, 2.75) is 26.2 Å². The van der Waals surface area contributed by atoms with Gasteiger partial charge in [-0.05, 0) is 55.2 Å². The van der Waals surface area contributed by atoms with Crippen molar-refractivity contribution < 1.29 is 18.3 Å². The molecule has 1 aliphatic heterocycles. The quantitative estimate of drug-likeness (QED) is 0.357. The second-order valence-electron chi connectivity index (χ2n) is 8.56. The van der Waals surface area contributed by atoms with Crippen molar-refractivity contribution in [3.05, 3.63) is 64.3 Å². The van der Waals surface area contributed by atoms with E-state index in [1.807, 2.05) is 25.1 Å². The summed E-state index contributed by atoms with van der Waals surface area (Å²) in [7, 11) is 1.57. The van der Waals surface area contributed by atoms with Crippen molar-refractivity contribution in [3.63, 3.8) is 0 Å². The van der Waals surface area contributed by atoms with Crippen LogP contribution in [0.2, 0.25) is 5.02 Å². The lowest BCUT2D eigenvalue weighted by Crippen LogP contribution is -2.31. The van der Waals surface area contributed by atoms with Gasteiger partial charge in [0, 0.05) is 19.6 Å². The number of carbonyl (C=O) groups is 1. The number of ether oxygens (including phenoxy) is 1. The van der Waals surface area contributed by atoms with Crippen LogP contribution in [-0.2, 0) is 12.8 Å². The Labute approximate surface area is 219 Å². The molecule has 8 nitrogen and oxygen atoms in total. The van der Waals surface area contributed by atoms with Crippen LogP contribution in [0.25, 0.3) is 0 Å². The lowest BCUT2D eigenvalue weighted by molar-refractivity contribution is 0.0903. The Morgan fingerprint density at radius 1 is 1.14 bits per heavy atom. The van der Waals surface area contributed by atoms with Gasteiger partial charge in [-0.1, -0.05) is 23.7 Å².